The molecule has 3 heterocycles. The molecule has 5 aromatic carbocycles. The van der Waals surface area contributed by atoms with Crippen molar-refractivity contribution in [2.45, 2.75) is 0 Å². The number of benzene rings is 5. The van der Waals surface area contributed by atoms with Crippen LogP contribution in [0.5, 0.6) is 0 Å². The predicted molar refractivity (Wildman–Crippen MR) is 166 cm³/mol. The van der Waals surface area contributed by atoms with Crippen molar-refractivity contribution < 1.29 is 0 Å². The molecule has 2 nitrogen and oxygen atoms in total. The monoisotopic (exact) mass is 514 g/mol. The second-order valence-electron chi connectivity index (χ2n) is 9.80. The van der Waals surface area contributed by atoms with E-state index in [1.807, 2.05) is 23.5 Å². The average Bonchev–Trinajstić information content (AvgIpc) is 3.40. The number of thiophene rings is 1. The lowest BCUT2D eigenvalue weighted by Crippen LogP contribution is -1.94. The van der Waals surface area contributed by atoms with Crippen molar-refractivity contribution in [1.29, 1.82) is 0 Å². The summed E-state index contributed by atoms with van der Waals surface area (Å²) in [4.78, 5) is 10.4. The molecule has 0 aliphatic carbocycles. The van der Waals surface area contributed by atoms with E-state index in [-0.39, 0.29) is 0 Å². The van der Waals surface area contributed by atoms with E-state index >= 15 is 0 Å². The maximum atomic E-state index is 5.34. The van der Waals surface area contributed by atoms with E-state index in [0.29, 0.717) is 0 Å². The van der Waals surface area contributed by atoms with Crippen molar-refractivity contribution in [3.8, 4) is 33.8 Å². The molecule has 8 aromatic rings. The number of hydrogen-bond acceptors (Lipinski definition) is 3. The molecule has 0 spiro atoms. The molecule has 182 valence electrons. The van der Waals surface area contributed by atoms with Gasteiger partial charge in [0.2, 0.25) is 0 Å². The van der Waals surface area contributed by atoms with E-state index in [9.17, 15) is 0 Å². The molecular weight excluding hydrogens is 492 g/mol. The summed E-state index contributed by atoms with van der Waals surface area (Å²) in [6.45, 7) is 0. The number of nitrogens with zero attached hydrogens (tertiary/aromatic N) is 2. The zero-order valence-electron chi connectivity index (χ0n) is 21.0. The van der Waals surface area contributed by atoms with Gasteiger partial charge in [-0.15, -0.1) is 11.3 Å². The fraction of sp³-hybridized carbons (Fsp3) is 0. The molecule has 0 aliphatic rings. The highest BCUT2D eigenvalue weighted by Crippen LogP contribution is 2.42. The summed E-state index contributed by atoms with van der Waals surface area (Å²) in [7, 11) is 0. The van der Waals surface area contributed by atoms with Crippen LogP contribution in [0, 0.1) is 0 Å². The van der Waals surface area contributed by atoms with Crippen LogP contribution >= 0.6 is 11.3 Å². The van der Waals surface area contributed by atoms with Crippen LogP contribution in [0.2, 0.25) is 0 Å². The third-order valence-electron chi connectivity index (χ3n) is 7.45. The minimum absolute atomic E-state index is 0.942. The molecule has 0 amide bonds. The SMILES string of the molecule is c1ccc(-c2cc(-c3nc4ccc5c6ccccc6sc5c4c4ccccc34)cc(-c3ccccc3)n2)cc1. The molecule has 0 saturated carbocycles. The van der Waals surface area contributed by atoms with Crippen LogP contribution < -0.4 is 0 Å². The van der Waals surface area contributed by atoms with E-state index in [1.165, 1.54) is 30.9 Å². The first kappa shape index (κ1) is 22.2. The molecule has 0 atom stereocenters. The molecule has 39 heavy (non-hydrogen) atoms. The number of aromatic nitrogens is 2. The van der Waals surface area contributed by atoms with Crippen LogP contribution in [-0.2, 0) is 0 Å². The van der Waals surface area contributed by atoms with Gasteiger partial charge in [0.25, 0.3) is 0 Å². The fourth-order valence-corrected chi connectivity index (χ4v) is 6.88. The van der Waals surface area contributed by atoms with Crippen LogP contribution in [-0.4, -0.2) is 9.97 Å². The molecule has 3 heteroatoms. The highest BCUT2D eigenvalue weighted by molar-refractivity contribution is 7.26. The summed E-state index contributed by atoms with van der Waals surface area (Å²) >= 11 is 1.86. The number of fused-ring (bicyclic) bond motifs is 7. The van der Waals surface area contributed by atoms with Crippen molar-refractivity contribution >= 4 is 53.2 Å². The minimum Gasteiger partial charge on any atom is -0.248 e. The molecular formula is C36H22N2S. The normalized spacial score (nSPS) is 11.6. The Morgan fingerprint density at radius 3 is 1.72 bits per heavy atom. The van der Waals surface area contributed by atoms with Crippen LogP contribution in [0.1, 0.15) is 0 Å². The minimum atomic E-state index is 0.942. The Morgan fingerprint density at radius 2 is 1.03 bits per heavy atom. The molecule has 0 fully saturated rings. The highest BCUT2D eigenvalue weighted by atomic mass is 32.1. The van der Waals surface area contributed by atoms with Gasteiger partial charge in [0.15, 0.2) is 0 Å². The Hall–Kier alpha value is -4.86. The van der Waals surface area contributed by atoms with Gasteiger partial charge in [-0.1, -0.05) is 109 Å². The second-order valence-corrected chi connectivity index (χ2v) is 10.9. The topological polar surface area (TPSA) is 25.8 Å². The molecule has 0 radical (unpaired) electrons. The van der Waals surface area contributed by atoms with Crippen LogP contribution in [0.15, 0.2) is 133 Å². The molecule has 3 aromatic heterocycles. The summed E-state index contributed by atoms with van der Waals surface area (Å²) in [5.41, 5.74) is 7.13. The summed E-state index contributed by atoms with van der Waals surface area (Å²) < 4.78 is 2.61. The first-order chi connectivity index (χ1) is 19.3. The quantitative estimate of drug-likeness (QED) is 0.219. The van der Waals surface area contributed by atoms with Crippen LogP contribution in [0.3, 0.4) is 0 Å². The Kier molecular flexibility index (Phi) is 5.04. The largest absolute Gasteiger partial charge is 0.248 e. The Labute approximate surface area is 229 Å². The molecule has 0 unspecified atom stereocenters. The second kappa shape index (κ2) is 8.87. The first-order valence-electron chi connectivity index (χ1n) is 13.1. The van der Waals surface area contributed by atoms with Gasteiger partial charge in [-0.2, -0.15) is 0 Å². The lowest BCUT2D eigenvalue weighted by atomic mass is 9.97. The van der Waals surface area contributed by atoms with E-state index in [0.717, 1.165) is 44.7 Å². The van der Waals surface area contributed by atoms with Gasteiger partial charge in [0.05, 0.1) is 22.6 Å². The van der Waals surface area contributed by atoms with Crippen molar-refractivity contribution in [3.63, 3.8) is 0 Å². The van der Waals surface area contributed by atoms with Crippen molar-refractivity contribution in [1.82, 2.24) is 9.97 Å². The highest BCUT2D eigenvalue weighted by Gasteiger charge is 2.17. The van der Waals surface area contributed by atoms with Crippen molar-refractivity contribution in [2.75, 3.05) is 0 Å². The van der Waals surface area contributed by atoms with Gasteiger partial charge in [-0.05, 0) is 29.7 Å². The van der Waals surface area contributed by atoms with Crippen molar-refractivity contribution in [2.24, 2.45) is 0 Å². The zero-order valence-corrected chi connectivity index (χ0v) is 21.8. The summed E-state index contributed by atoms with van der Waals surface area (Å²) in [5.74, 6) is 0. The van der Waals surface area contributed by atoms with Gasteiger partial charge in [-0.3, -0.25) is 0 Å². The third-order valence-corrected chi connectivity index (χ3v) is 8.65. The van der Waals surface area contributed by atoms with Gasteiger partial charge in [0, 0.05) is 47.6 Å². The number of pyridine rings is 2. The first-order valence-corrected chi connectivity index (χ1v) is 13.9. The lowest BCUT2D eigenvalue weighted by molar-refractivity contribution is 1.31. The van der Waals surface area contributed by atoms with Gasteiger partial charge >= 0.3 is 0 Å². The lowest BCUT2D eigenvalue weighted by Gasteiger charge is -2.14. The van der Waals surface area contributed by atoms with E-state index in [4.69, 9.17) is 9.97 Å². The number of rotatable bonds is 3. The summed E-state index contributed by atoms with van der Waals surface area (Å²) in [6, 6.07) is 46.9. The smallest absolute Gasteiger partial charge is 0.0789 e. The van der Waals surface area contributed by atoms with Crippen LogP contribution in [0.25, 0.3) is 75.6 Å². The fourth-order valence-electron chi connectivity index (χ4n) is 5.62. The zero-order chi connectivity index (χ0) is 25.8. The van der Waals surface area contributed by atoms with Gasteiger partial charge < -0.3 is 0 Å². The summed E-state index contributed by atoms with van der Waals surface area (Å²) in [5, 5.41) is 6.22. The Morgan fingerprint density at radius 1 is 0.436 bits per heavy atom. The van der Waals surface area contributed by atoms with Gasteiger partial charge in [-0.25, -0.2) is 9.97 Å². The number of hydrogen-bond donors (Lipinski definition) is 0. The standard InChI is InChI=1S/C36H22N2S/c1-3-11-23(12-4-1)31-21-25(22-32(37-31)24-13-5-2-6-14-24)35-28-17-8-7-16-27(28)34-30(38-35)20-19-29-26-15-9-10-18-33(26)39-36(29)34/h1-22H. The molecule has 0 aliphatic heterocycles. The molecule has 0 bridgehead atoms. The maximum Gasteiger partial charge on any atom is 0.0789 e. The van der Waals surface area contributed by atoms with Gasteiger partial charge in [0.1, 0.15) is 0 Å². The Balaban J connectivity index is 1.45. The molecule has 0 N–H and O–H groups in total. The Bertz CT molecular complexity index is 2110. The predicted octanol–water partition coefficient (Wildman–Crippen LogP) is 10.2. The third kappa shape index (κ3) is 3.63. The van der Waals surface area contributed by atoms with Crippen molar-refractivity contribution in [3.05, 3.63) is 133 Å². The van der Waals surface area contributed by atoms with Crippen LogP contribution in [0.4, 0.5) is 0 Å². The van der Waals surface area contributed by atoms with E-state index in [2.05, 4.69) is 121 Å². The summed E-state index contributed by atoms with van der Waals surface area (Å²) in [6.07, 6.45) is 0. The molecule has 0 saturated heterocycles. The van der Waals surface area contributed by atoms with E-state index in [1.54, 1.807) is 0 Å². The molecule has 8 rings (SSSR count). The average molecular weight is 515 g/mol. The maximum absolute atomic E-state index is 5.34. The van der Waals surface area contributed by atoms with E-state index < -0.39 is 0 Å².